The van der Waals surface area contributed by atoms with Gasteiger partial charge in [0.15, 0.2) is 0 Å². The number of aromatic nitrogens is 2. The molecule has 0 N–H and O–H groups in total. The molecular weight excluding hydrogens is 320 g/mol. The van der Waals surface area contributed by atoms with Gasteiger partial charge in [0.25, 0.3) is 12.3 Å². The summed E-state index contributed by atoms with van der Waals surface area (Å²) in [6, 6.07) is 5.29. The smallest absolute Gasteiger partial charge is 0.257 e. The number of halogens is 3. The van der Waals surface area contributed by atoms with Crippen LogP contribution >= 0.6 is 15.9 Å². The van der Waals surface area contributed by atoms with E-state index < -0.39 is 18.9 Å². The number of hydrogen-bond acceptors (Lipinski definition) is 2. The van der Waals surface area contributed by atoms with Crippen molar-refractivity contribution in [1.82, 2.24) is 14.5 Å². The van der Waals surface area contributed by atoms with Crippen molar-refractivity contribution >= 4 is 27.4 Å². The van der Waals surface area contributed by atoms with Gasteiger partial charge in [-0.3, -0.25) is 4.79 Å². The molecule has 0 radical (unpaired) electrons. The van der Waals surface area contributed by atoms with Crippen LogP contribution < -0.4 is 0 Å². The number of fused-ring (bicyclic) bond motifs is 1. The third kappa shape index (κ3) is 3.09. The maximum absolute atomic E-state index is 12.5. The highest BCUT2D eigenvalue weighted by Crippen LogP contribution is 2.14. The molecule has 19 heavy (non-hydrogen) atoms. The molecule has 0 aliphatic heterocycles. The lowest BCUT2D eigenvalue weighted by Gasteiger charge is -2.20. The minimum absolute atomic E-state index is 0.230. The standard InChI is InChI=1S/C12H12BrF2N3O/c13-4-6-17(8-11(14)15)12(19)9-7-16-18-5-2-1-3-10(9)18/h1-3,5,7,11H,4,6,8H2. The molecule has 2 rings (SSSR count). The molecule has 2 heterocycles. The predicted molar refractivity (Wildman–Crippen MR) is 70.9 cm³/mol. The van der Waals surface area contributed by atoms with Gasteiger partial charge in [-0.2, -0.15) is 5.10 Å². The molecule has 2 aromatic rings. The Kier molecular flexibility index (Phi) is 4.47. The van der Waals surface area contributed by atoms with Gasteiger partial charge >= 0.3 is 0 Å². The van der Waals surface area contributed by atoms with Crippen molar-refractivity contribution in [2.24, 2.45) is 0 Å². The first-order valence-electron chi connectivity index (χ1n) is 5.69. The van der Waals surface area contributed by atoms with Crippen LogP contribution in [0.25, 0.3) is 5.52 Å². The lowest BCUT2D eigenvalue weighted by Crippen LogP contribution is -2.36. The first-order valence-corrected chi connectivity index (χ1v) is 6.81. The molecule has 0 aliphatic rings. The first kappa shape index (κ1) is 13.9. The molecule has 4 nitrogen and oxygen atoms in total. The van der Waals surface area contributed by atoms with Gasteiger partial charge in [-0.1, -0.05) is 22.0 Å². The minimum Gasteiger partial charge on any atom is -0.332 e. The van der Waals surface area contributed by atoms with E-state index in [0.29, 0.717) is 16.4 Å². The summed E-state index contributed by atoms with van der Waals surface area (Å²) in [4.78, 5) is 13.4. The number of alkyl halides is 3. The molecule has 0 saturated carbocycles. The molecule has 7 heteroatoms. The Bertz CT molecular complexity index is 573. The number of pyridine rings is 1. The third-order valence-corrected chi connectivity index (χ3v) is 3.01. The van der Waals surface area contributed by atoms with Crippen LogP contribution in [0.1, 0.15) is 10.4 Å². The molecular formula is C12H12BrF2N3O. The van der Waals surface area contributed by atoms with E-state index in [1.807, 2.05) is 0 Å². The number of hydrogen-bond donors (Lipinski definition) is 0. The van der Waals surface area contributed by atoms with Gasteiger partial charge in [-0.05, 0) is 12.1 Å². The fraction of sp³-hybridized carbons (Fsp3) is 0.333. The van der Waals surface area contributed by atoms with Crippen molar-refractivity contribution in [1.29, 1.82) is 0 Å². The van der Waals surface area contributed by atoms with Crippen molar-refractivity contribution in [3.63, 3.8) is 0 Å². The average Bonchev–Trinajstić information content (AvgIpc) is 2.80. The summed E-state index contributed by atoms with van der Waals surface area (Å²) in [5.41, 5.74) is 0.948. The summed E-state index contributed by atoms with van der Waals surface area (Å²) >= 11 is 3.16. The summed E-state index contributed by atoms with van der Waals surface area (Å²) in [6.45, 7) is -0.345. The molecule has 0 atom stereocenters. The second kappa shape index (κ2) is 6.10. The Labute approximate surface area is 117 Å². The van der Waals surface area contributed by atoms with Crippen molar-refractivity contribution < 1.29 is 13.6 Å². The number of amides is 1. The zero-order valence-electron chi connectivity index (χ0n) is 9.97. The van der Waals surface area contributed by atoms with E-state index >= 15 is 0 Å². The van der Waals surface area contributed by atoms with Crippen LogP contribution in [-0.4, -0.2) is 45.3 Å². The molecule has 0 spiro atoms. The van der Waals surface area contributed by atoms with Crippen LogP contribution in [0, 0.1) is 0 Å². The lowest BCUT2D eigenvalue weighted by atomic mass is 10.2. The van der Waals surface area contributed by atoms with Gasteiger partial charge < -0.3 is 4.90 Å². The number of rotatable bonds is 5. The van der Waals surface area contributed by atoms with Crippen LogP contribution in [0.5, 0.6) is 0 Å². The van der Waals surface area contributed by atoms with E-state index in [-0.39, 0.29) is 6.54 Å². The Morgan fingerprint density at radius 1 is 1.47 bits per heavy atom. The monoisotopic (exact) mass is 331 g/mol. The molecule has 102 valence electrons. The van der Waals surface area contributed by atoms with Crippen molar-refractivity contribution in [3.8, 4) is 0 Å². The van der Waals surface area contributed by atoms with Crippen LogP contribution in [0.2, 0.25) is 0 Å². The van der Waals surface area contributed by atoms with Crippen LogP contribution in [0.3, 0.4) is 0 Å². The summed E-state index contributed by atoms with van der Waals surface area (Å²) in [6.07, 6.45) is 0.558. The molecule has 0 bridgehead atoms. The summed E-state index contributed by atoms with van der Waals surface area (Å²) in [7, 11) is 0. The van der Waals surface area contributed by atoms with Gasteiger partial charge in [-0.15, -0.1) is 0 Å². The van der Waals surface area contributed by atoms with Crippen LogP contribution in [-0.2, 0) is 0 Å². The van der Waals surface area contributed by atoms with E-state index in [1.54, 1.807) is 28.9 Å². The Morgan fingerprint density at radius 2 is 2.26 bits per heavy atom. The normalized spacial score (nSPS) is 11.2. The van der Waals surface area contributed by atoms with E-state index in [4.69, 9.17) is 0 Å². The van der Waals surface area contributed by atoms with E-state index in [0.717, 1.165) is 4.90 Å². The molecule has 0 aliphatic carbocycles. The highest BCUT2D eigenvalue weighted by Gasteiger charge is 2.22. The topological polar surface area (TPSA) is 37.6 Å². The van der Waals surface area contributed by atoms with Gasteiger partial charge in [0.05, 0.1) is 23.8 Å². The molecule has 0 aromatic carbocycles. The molecule has 1 amide bonds. The lowest BCUT2D eigenvalue weighted by molar-refractivity contribution is 0.0574. The van der Waals surface area contributed by atoms with Gasteiger partial charge in [-0.25, -0.2) is 13.3 Å². The predicted octanol–water partition coefficient (Wildman–Crippen LogP) is 2.44. The van der Waals surface area contributed by atoms with E-state index in [1.165, 1.54) is 6.20 Å². The maximum Gasteiger partial charge on any atom is 0.257 e. The van der Waals surface area contributed by atoms with Gasteiger partial charge in [0, 0.05) is 18.1 Å². The minimum atomic E-state index is -2.55. The largest absolute Gasteiger partial charge is 0.332 e. The molecule has 0 fully saturated rings. The second-order valence-corrected chi connectivity index (χ2v) is 4.71. The van der Waals surface area contributed by atoms with Gasteiger partial charge in [0.1, 0.15) is 0 Å². The Morgan fingerprint density at radius 3 is 2.95 bits per heavy atom. The summed E-state index contributed by atoms with van der Waals surface area (Å²) in [5.74, 6) is -0.430. The fourth-order valence-electron chi connectivity index (χ4n) is 1.81. The average molecular weight is 332 g/mol. The van der Waals surface area contributed by atoms with Crippen LogP contribution in [0.4, 0.5) is 8.78 Å². The third-order valence-electron chi connectivity index (χ3n) is 2.66. The highest BCUT2D eigenvalue weighted by molar-refractivity contribution is 9.09. The number of carbonyl (C=O) groups excluding carboxylic acids is 1. The zero-order valence-corrected chi connectivity index (χ0v) is 11.6. The van der Waals surface area contributed by atoms with Gasteiger partial charge in [0.2, 0.25) is 0 Å². The SMILES string of the molecule is O=C(c1cnn2ccccc12)N(CCBr)CC(F)F. The Balaban J connectivity index is 2.30. The zero-order chi connectivity index (χ0) is 13.8. The summed E-state index contributed by atoms with van der Waals surface area (Å²) < 4.78 is 26.5. The fourth-order valence-corrected chi connectivity index (χ4v) is 2.24. The summed E-state index contributed by atoms with van der Waals surface area (Å²) in [5, 5.41) is 4.48. The highest BCUT2D eigenvalue weighted by atomic mass is 79.9. The maximum atomic E-state index is 12.5. The van der Waals surface area contributed by atoms with Crippen molar-refractivity contribution in [3.05, 3.63) is 36.2 Å². The first-order chi connectivity index (χ1) is 9.13. The molecule has 2 aromatic heterocycles. The number of nitrogens with zero attached hydrogens (tertiary/aromatic N) is 3. The Hall–Kier alpha value is -1.50. The second-order valence-electron chi connectivity index (χ2n) is 3.92. The van der Waals surface area contributed by atoms with Crippen LogP contribution in [0.15, 0.2) is 30.6 Å². The molecule has 0 saturated heterocycles. The van der Waals surface area contributed by atoms with Crippen molar-refractivity contribution in [2.75, 3.05) is 18.4 Å². The quantitative estimate of drug-likeness (QED) is 0.789. The number of carbonyl (C=O) groups is 1. The molecule has 0 unspecified atom stereocenters. The van der Waals surface area contributed by atoms with E-state index in [9.17, 15) is 13.6 Å². The van der Waals surface area contributed by atoms with Crippen molar-refractivity contribution in [2.45, 2.75) is 6.43 Å². The van der Waals surface area contributed by atoms with E-state index in [2.05, 4.69) is 21.0 Å².